The number of amides is 1. The Morgan fingerprint density at radius 3 is 2.26 bits per heavy atom. The summed E-state index contributed by atoms with van der Waals surface area (Å²) in [6.45, 7) is 3.95. The highest BCUT2D eigenvalue weighted by Gasteiger charge is 2.13. The average Bonchev–Trinajstić information content (AvgIpc) is 2.46. The molecule has 1 amide bonds. The van der Waals surface area contributed by atoms with Crippen LogP contribution < -0.4 is 5.32 Å². The summed E-state index contributed by atoms with van der Waals surface area (Å²) >= 11 is 0. The second-order valence-corrected chi connectivity index (χ2v) is 7.96. The van der Waals surface area contributed by atoms with Crippen LogP contribution in [0.15, 0.2) is 48.5 Å². The molecule has 0 bridgehead atoms. The minimum atomic E-state index is -3.07. The second kappa shape index (κ2) is 6.96. The zero-order valence-electron chi connectivity index (χ0n) is 13.5. The fourth-order valence-electron chi connectivity index (χ4n) is 2.49. The highest BCUT2D eigenvalue weighted by molar-refractivity contribution is 7.89. The lowest BCUT2D eigenvalue weighted by Gasteiger charge is -2.16. The van der Waals surface area contributed by atoms with Crippen LogP contribution in [0.4, 0.5) is 0 Å². The van der Waals surface area contributed by atoms with Gasteiger partial charge in [0.15, 0.2) is 9.84 Å². The number of carbonyl (C=O) groups is 1. The van der Waals surface area contributed by atoms with E-state index in [-0.39, 0.29) is 17.7 Å². The van der Waals surface area contributed by atoms with E-state index in [1.165, 1.54) is 6.26 Å². The zero-order chi connectivity index (χ0) is 17.0. The molecule has 0 aromatic heterocycles. The van der Waals surface area contributed by atoms with Crippen LogP contribution in [0.2, 0.25) is 0 Å². The molecule has 5 heteroatoms. The summed E-state index contributed by atoms with van der Waals surface area (Å²) in [7, 11) is -3.07. The van der Waals surface area contributed by atoms with Crippen LogP contribution in [-0.4, -0.2) is 20.6 Å². The first-order valence-corrected chi connectivity index (χ1v) is 9.45. The van der Waals surface area contributed by atoms with Crippen molar-refractivity contribution in [2.24, 2.45) is 0 Å². The number of hydrogen-bond acceptors (Lipinski definition) is 3. The van der Waals surface area contributed by atoms with Crippen LogP contribution in [0, 0.1) is 6.92 Å². The zero-order valence-corrected chi connectivity index (χ0v) is 14.4. The number of hydrogen-bond donors (Lipinski definition) is 1. The maximum Gasteiger partial charge on any atom is 0.251 e. The van der Waals surface area contributed by atoms with Gasteiger partial charge in [-0.1, -0.05) is 36.4 Å². The predicted molar refractivity (Wildman–Crippen MR) is 92.1 cm³/mol. The summed E-state index contributed by atoms with van der Waals surface area (Å²) in [5, 5.41) is 2.96. The summed E-state index contributed by atoms with van der Waals surface area (Å²) in [5.74, 6) is -0.194. The van der Waals surface area contributed by atoms with Crippen molar-refractivity contribution >= 4 is 15.7 Å². The minimum Gasteiger partial charge on any atom is -0.346 e. The van der Waals surface area contributed by atoms with E-state index in [1.54, 1.807) is 24.3 Å². The summed E-state index contributed by atoms with van der Waals surface area (Å²) < 4.78 is 22.5. The number of benzene rings is 2. The largest absolute Gasteiger partial charge is 0.346 e. The van der Waals surface area contributed by atoms with Crippen molar-refractivity contribution < 1.29 is 13.2 Å². The Morgan fingerprint density at radius 2 is 1.70 bits per heavy atom. The molecule has 2 rings (SSSR count). The number of aryl methyl sites for hydroxylation is 1. The third-order valence-corrected chi connectivity index (χ3v) is 4.51. The monoisotopic (exact) mass is 331 g/mol. The smallest absolute Gasteiger partial charge is 0.251 e. The van der Waals surface area contributed by atoms with Gasteiger partial charge in [0.05, 0.1) is 11.8 Å². The van der Waals surface area contributed by atoms with E-state index >= 15 is 0 Å². The quantitative estimate of drug-likeness (QED) is 0.916. The first-order valence-electron chi connectivity index (χ1n) is 7.39. The van der Waals surface area contributed by atoms with Gasteiger partial charge in [0.2, 0.25) is 0 Å². The summed E-state index contributed by atoms with van der Waals surface area (Å²) in [4.78, 5) is 12.3. The van der Waals surface area contributed by atoms with Crippen LogP contribution in [0.5, 0.6) is 0 Å². The molecule has 0 heterocycles. The topological polar surface area (TPSA) is 63.2 Å². The van der Waals surface area contributed by atoms with E-state index in [2.05, 4.69) is 5.32 Å². The Hall–Kier alpha value is -2.14. The highest BCUT2D eigenvalue weighted by atomic mass is 32.2. The van der Waals surface area contributed by atoms with Gasteiger partial charge in [0.1, 0.15) is 0 Å². The first kappa shape index (κ1) is 17.2. The van der Waals surface area contributed by atoms with Gasteiger partial charge in [-0.2, -0.15) is 0 Å². The predicted octanol–water partition coefficient (Wildman–Crippen LogP) is 3.03. The van der Waals surface area contributed by atoms with Crippen LogP contribution >= 0.6 is 0 Å². The Bertz CT molecular complexity index is 795. The SMILES string of the molecule is Cc1ccccc1C(C)NC(=O)c1ccc(CS(C)(=O)=O)cc1. The van der Waals surface area contributed by atoms with Gasteiger partial charge in [-0.25, -0.2) is 8.42 Å². The average molecular weight is 331 g/mol. The fraction of sp³-hybridized carbons (Fsp3) is 0.278. The van der Waals surface area contributed by atoms with Crippen molar-refractivity contribution in [3.05, 3.63) is 70.8 Å². The molecule has 23 heavy (non-hydrogen) atoms. The molecule has 0 spiro atoms. The Morgan fingerprint density at radius 1 is 1.09 bits per heavy atom. The van der Waals surface area contributed by atoms with Crippen LogP contribution in [0.25, 0.3) is 0 Å². The highest BCUT2D eigenvalue weighted by Crippen LogP contribution is 2.17. The van der Waals surface area contributed by atoms with Gasteiger partial charge < -0.3 is 5.32 Å². The third-order valence-electron chi connectivity index (χ3n) is 3.65. The second-order valence-electron chi connectivity index (χ2n) is 5.82. The number of rotatable bonds is 5. The molecular formula is C18H21NO3S. The molecule has 0 aliphatic heterocycles. The molecule has 1 unspecified atom stereocenters. The van der Waals surface area contributed by atoms with Gasteiger partial charge in [0.25, 0.3) is 5.91 Å². The number of carbonyl (C=O) groups excluding carboxylic acids is 1. The van der Waals surface area contributed by atoms with Crippen molar-refractivity contribution in [2.45, 2.75) is 25.6 Å². The first-order chi connectivity index (χ1) is 10.8. The Balaban J connectivity index is 2.08. The lowest BCUT2D eigenvalue weighted by molar-refractivity contribution is 0.0940. The van der Waals surface area contributed by atoms with Crippen molar-refractivity contribution in [1.29, 1.82) is 0 Å². The molecule has 1 atom stereocenters. The molecule has 122 valence electrons. The Labute approximate surface area is 137 Å². The lowest BCUT2D eigenvalue weighted by Crippen LogP contribution is -2.27. The van der Waals surface area contributed by atoms with E-state index in [9.17, 15) is 13.2 Å². The molecule has 0 saturated carbocycles. The summed E-state index contributed by atoms with van der Waals surface area (Å²) in [6, 6.07) is 14.5. The van der Waals surface area contributed by atoms with Crippen molar-refractivity contribution in [3.63, 3.8) is 0 Å². The molecular weight excluding hydrogens is 310 g/mol. The molecule has 4 nitrogen and oxygen atoms in total. The van der Waals surface area contributed by atoms with Crippen LogP contribution in [0.3, 0.4) is 0 Å². The fourth-order valence-corrected chi connectivity index (χ4v) is 3.28. The minimum absolute atomic E-state index is 0.0193. The standard InChI is InChI=1S/C18H21NO3S/c1-13-6-4-5-7-17(13)14(2)19-18(20)16-10-8-15(9-11-16)12-23(3,21)22/h4-11,14H,12H2,1-3H3,(H,19,20). The van der Waals surface area contributed by atoms with Crippen LogP contribution in [-0.2, 0) is 15.6 Å². The molecule has 2 aromatic rings. The summed E-state index contributed by atoms with van der Waals surface area (Å²) in [5.41, 5.74) is 3.40. The molecule has 0 aliphatic rings. The maximum atomic E-state index is 12.3. The van der Waals surface area contributed by atoms with E-state index in [0.717, 1.165) is 11.1 Å². The van der Waals surface area contributed by atoms with Crippen molar-refractivity contribution in [2.75, 3.05) is 6.26 Å². The van der Waals surface area contributed by atoms with E-state index < -0.39 is 9.84 Å². The molecule has 0 radical (unpaired) electrons. The molecule has 2 aromatic carbocycles. The van der Waals surface area contributed by atoms with E-state index in [4.69, 9.17) is 0 Å². The van der Waals surface area contributed by atoms with E-state index in [1.807, 2.05) is 38.1 Å². The molecule has 0 saturated heterocycles. The van der Waals surface area contributed by atoms with Gasteiger partial charge in [-0.05, 0) is 42.7 Å². The molecule has 0 fully saturated rings. The van der Waals surface area contributed by atoms with Crippen molar-refractivity contribution in [1.82, 2.24) is 5.32 Å². The summed E-state index contributed by atoms with van der Waals surface area (Å²) in [6.07, 6.45) is 1.19. The molecule has 1 N–H and O–H groups in total. The normalized spacial score (nSPS) is 12.7. The third kappa shape index (κ3) is 4.93. The van der Waals surface area contributed by atoms with Gasteiger partial charge >= 0.3 is 0 Å². The van der Waals surface area contributed by atoms with Gasteiger partial charge in [0, 0.05) is 11.8 Å². The Kier molecular flexibility index (Phi) is 5.21. The number of sulfone groups is 1. The van der Waals surface area contributed by atoms with E-state index in [0.29, 0.717) is 11.1 Å². The van der Waals surface area contributed by atoms with Gasteiger partial charge in [-0.15, -0.1) is 0 Å². The molecule has 0 aliphatic carbocycles. The van der Waals surface area contributed by atoms with Crippen LogP contribution in [0.1, 0.15) is 40.0 Å². The maximum absolute atomic E-state index is 12.3. The lowest BCUT2D eigenvalue weighted by atomic mass is 10.0. The number of nitrogens with one attached hydrogen (secondary N) is 1. The van der Waals surface area contributed by atoms with Crippen molar-refractivity contribution in [3.8, 4) is 0 Å². The van der Waals surface area contributed by atoms with Gasteiger partial charge in [-0.3, -0.25) is 4.79 Å².